The van der Waals surface area contributed by atoms with Crippen LogP contribution in [-0.4, -0.2) is 41.8 Å². The fourth-order valence-electron chi connectivity index (χ4n) is 6.47. The highest BCUT2D eigenvalue weighted by atomic mass is 32.2. The predicted molar refractivity (Wildman–Crippen MR) is 180 cm³/mol. The van der Waals surface area contributed by atoms with E-state index in [4.69, 9.17) is 9.47 Å². The van der Waals surface area contributed by atoms with Gasteiger partial charge in [-0.25, -0.2) is 4.90 Å². The standard InChI is InChI=1S/C35H26F3N3O6S2/c1-46-24-15-14-19(16-25(24)47-2)27-28-29(32(44)41(31(28)43)23-13-6-5-11-21(23)35(36,37)38)48-33-30(27)49-34(45)40(33)17-26(42)39-22-12-7-9-18-8-3-4-10-20(18)22/h3-16,27-29H,17H2,1-2H3,(H,39,42)/t27-,28-,29+/m0/s1. The normalized spacial score (nSPS) is 18.7. The minimum Gasteiger partial charge on any atom is -0.493 e. The maximum atomic E-state index is 14.2. The van der Waals surface area contributed by atoms with Crippen molar-refractivity contribution in [2.75, 3.05) is 24.4 Å². The van der Waals surface area contributed by atoms with Crippen LogP contribution in [-0.2, 0) is 27.1 Å². The number of thiazole rings is 1. The summed E-state index contributed by atoms with van der Waals surface area (Å²) in [6.45, 7) is -0.403. The van der Waals surface area contributed by atoms with Gasteiger partial charge in [-0.1, -0.05) is 77.7 Å². The third kappa shape index (κ3) is 5.54. The van der Waals surface area contributed by atoms with E-state index in [1.165, 1.54) is 30.9 Å². The van der Waals surface area contributed by atoms with Crippen molar-refractivity contribution in [3.05, 3.63) is 111 Å². The van der Waals surface area contributed by atoms with Gasteiger partial charge in [-0.05, 0) is 41.3 Å². The van der Waals surface area contributed by atoms with Crippen LogP contribution >= 0.6 is 23.1 Å². The summed E-state index contributed by atoms with van der Waals surface area (Å²) >= 11 is 1.73. The highest BCUT2D eigenvalue weighted by Gasteiger charge is 2.58. The van der Waals surface area contributed by atoms with Crippen LogP contribution in [0.25, 0.3) is 10.8 Å². The minimum absolute atomic E-state index is 0.288. The van der Waals surface area contributed by atoms with E-state index in [0.717, 1.165) is 46.0 Å². The van der Waals surface area contributed by atoms with Crippen LogP contribution < -0.4 is 24.6 Å². The van der Waals surface area contributed by atoms with Crippen molar-refractivity contribution in [2.24, 2.45) is 5.92 Å². The molecule has 1 fully saturated rings. The summed E-state index contributed by atoms with van der Waals surface area (Å²) in [6, 6.07) is 22.2. The quantitative estimate of drug-likeness (QED) is 0.192. The fraction of sp³-hybridized carbons (Fsp3) is 0.200. The number of aromatic nitrogens is 1. The molecule has 0 unspecified atom stereocenters. The molecule has 3 atom stereocenters. The van der Waals surface area contributed by atoms with Gasteiger partial charge in [-0.2, -0.15) is 13.2 Å². The van der Waals surface area contributed by atoms with Crippen molar-refractivity contribution in [3.63, 3.8) is 0 Å². The third-order valence-electron chi connectivity index (χ3n) is 8.63. The van der Waals surface area contributed by atoms with E-state index in [-0.39, 0.29) is 5.03 Å². The Morgan fingerprint density at radius 3 is 2.35 bits per heavy atom. The Morgan fingerprint density at radius 2 is 1.59 bits per heavy atom. The number of rotatable bonds is 7. The minimum atomic E-state index is -4.84. The molecule has 0 spiro atoms. The Morgan fingerprint density at radius 1 is 0.878 bits per heavy atom. The number of halogens is 3. The zero-order valence-electron chi connectivity index (χ0n) is 25.8. The summed E-state index contributed by atoms with van der Waals surface area (Å²) in [7, 11) is 2.88. The van der Waals surface area contributed by atoms with Crippen molar-refractivity contribution in [3.8, 4) is 11.5 Å². The van der Waals surface area contributed by atoms with Gasteiger partial charge >= 0.3 is 11.0 Å². The van der Waals surface area contributed by atoms with Crippen LogP contribution in [0.3, 0.4) is 0 Å². The number of benzene rings is 4. The number of ether oxygens (including phenoxy) is 2. The van der Waals surface area contributed by atoms with E-state index in [2.05, 4.69) is 5.32 Å². The monoisotopic (exact) mass is 705 g/mol. The molecule has 49 heavy (non-hydrogen) atoms. The van der Waals surface area contributed by atoms with Crippen LogP contribution in [0.15, 0.2) is 94.7 Å². The van der Waals surface area contributed by atoms with Gasteiger partial charge in [0.2, 0.25) is 17.7 Å². The van der Waals surface area contributed by atoms with Gasteiger partial charge in [-0.15, -0.1) is 0 Å². The number of alkyl halides is 3. The van der Waals surface area contributed by atoms with E-state index < -0.39 is 63.7 Å². The van der Waals surface area contributed by atoms with Gasteiger partial charge in [0.15, 0.2) is 11.5 Å². The number of fused-ring (bicyclic) bond motifs is 3. The molecule has 0 radical (unpaired) electrons. The van der Waals surface area contributed by atoms with Crippen molar-refractivity contribution < 1.29 is 37.0 Å². The van der Waals surface area contributed by atoms with E-state index in [1.54, 1.807) is 30.3 Å². The second-order valence-corrected chi connectivity index (χ2v) is 13.5. The lowest BCUT2D eigenvalue weighted by Gasteiger charge is -2.31. The maximum absolute atomic E-state index is 14.2. The molecule has 3 amide bonds. The summed E-state index contributed by atoms with van der Waals surface area (Å²) in [6.07, 6.45) is -4.84. The molecule has 2 aliphatic rings. The first-order valence-electron chi connectivity index (χ1n) is 15.0. The molecule has 3 heterocycles. The average molecular weight is 706 g/mol. The van der Waals surface area contributed by atoms with Crippen molar-refractivity contribution >= 4 is 63.0 Å². The van der Waals surface area contributed by atoms with Crippen molar-refractivity contribution in [1.82, 2.24) is 4.57 Å². The first-order valence-corrected chi connectivity index (χ1v) is 16.6. The molecule has 1 aromatic heterocycles. The number of thioether (sulfide) groups is 1. The van der Waals surface area contributed by atoms with Crippen molar-refractivity contribution in [1.29, 1.82) is 0 Å². The molecule has 14 heteroatoms. The molecule has 9 nitrogen and oxygen atoms in total. The highest BCUT2D eigenvalue weighted by Crippen LogP contribution is 2.55. The predicted octanol–water partition coefficient (Wildman–Crippen LogP) is 6.53. The summed E-state index contributed by atoms with van der Waals surface area (Å²) in [5.74, 6) is -3.57. The average Bonchev–Trinajstić information content (AvgIpc) is 3.53. The number of amides is 3. The lowest BCUT2D eigenvalue weighted by atomic mass is 9.83. The molecular weight excluding hydrogens is 680 g/mol. The Hall–Kier alpha value is -5.08. The topological polar surface area (TPSA) is 107 Å². The largest absolute Gasteiger partial charge is 0.493 e. The molecule has 0 bridgehead atoms. The fourth-order valence-corrected chi connectivity index (χ4v) is 9.25. The molecule has 1 N–H and O–H groups in total. The second-order valence-electron chi connectivity index (χ2n) is 11.4. The van der Waals surface area contributed by atoms with E-state index >= 15 is 0 Å². The Balaban J connectivity index is 1.32. The number of para-hydroxylation sites is 1. The smallest absolute Gasteiger partial charge is 0.418 e. The van der Waals surface area contributed by atoms with Crippen LogP contribution in [0.4, 0.5) is 24.5 Å². The molecule has 0 aliphatic carbocycles. The number of nitrogens with zero attached hydrogens (tertiary/aromatic N) is 2. The number of nitrogens with one attached hydrogen (secondary N) is 1. The number of methoxy groups -OCH3 is 2. The first kappa shape index (κ1) is 32.5. The molecule has 1 saturated heterocycles. The number of carbonyl (C=O) groups excluding carboxylic acids is 3. The SMILES string of the molecule is COc1ccc([C@@H]2c3sc(=O)n(CC(=O)Nc4cccc5ccccc45)c3S[C@H]3C(=O)N(c4ccccc4C(F)(F)F)C(=O)[C@@H]23)cc1OC. The van der Waals surface area contributed by atoms with Crippen LogP contribution in [0.5, 0.6) is 11.5 Å². The molecule has 250 valence electrons. The van der Waals surface area contributed by atoms with Gasteiger partial charge in [0.1, 0.15) is 11.8 Å². The van der Waals surface area contributed by atoms with Gasteiger partial charge in [0.05, 0.1) is 36.4 Å². The number of hydrogen-bond donors (Lipinski definition) is 1. The molecule has 0 saturated carbocycles. The lowest BCUT2D eigenvalue weighted by Crippen LogP contribution is -2.33. The number of imide groups is 1. The zero-order valence-corrected chi connectivity index (χ0v) is 27.4. The molecule has 2 aliphatic heterocycles. The highest BCUT2D eigenvalue weighted by molar-refractivity contribution is 8.00. The van der Waals surface area contributed by atoms with Crippen LogP contribution in [0.1, 0.15) is 21.9 Å². The second kappa shape index (κ2) is 12.4. The first-order chi connectivity index (χ1) is 23.5. The molecular formula is C35H26F3N3O6S2. The molecule has 4 aromatic carbocycles. The summed E-state index contributed by atoms with van der Waals surface area (Å²) in [5, 5.41) is 3.68. The Kier molecular flexibility index (Phi) is 8.23. The zero-order chi connectivity index (χ0) is 34.6. The summed E-state index contributed by atoms with van der Waals surface area (Å²) in [5.41, 5.74) is -0.664. The van der Waals surface area contributed by atoms with Gasteiger partial charge in [0.25, 0.3) is 0 Å². The lowest BCUT2D eigenvalue weighted by molar-refractivity contribution is -0.137. The molecule has 7 rings (SSSR count). The van der Waals surface area contributed by atoms with E-state index in [0.29, 0.717) is 32.5 Å². The summed E-state index contributed by atoms with van der Waals surface area (Å²) in [4.78, 5) is 55.8. The van der Waals surface area contributed by atoms with E-state index in [9.17, 15) is 32.3 Å². The number of hydrogen-bond acceptors (Lipinski definition) is 8. The third-order valence-corrected chi connectivity index (χ3v) is 11.2. The van der Waals surface area contributed by atoms with Gasteiger partial charge < -0.3 is 14.8 Å². The number of anilines is 2. The number of carbonyl (C=O) groups is 3. The van der Waals surface area contributed by atoms with Crippen LogP contribution in [0, 0.1) is 5.92 Å². The molecule has 5 aromatic rings. The van der Waals surface area contributed by atoms with Gasteiger partial charge in [0, 0.05) is 21.9 Å². The maximum Gasteiger partial charge on any atom is 0.418 e. The Bertz CT molecular complexity index is 2210. The summed E-state index contributed by atoms with van der Waals surface area (Å²) < 4.78 is 54.4. The van der Waals surface area contributed by atoms with Gasteiger partial charge in [-0.3, -0.25) is 23.7 Å². The van der Waals surface area contributed by atoms with E-state index in [1.807, 2.05) is 30.3 Å². The Labute approximate surface area is 285 Å². The van der Waals surface area contributed by atoms with Crippen LogP contribution in [0.2, 0.25) is 0 Å². The van der Waals surface area contributed by atoms with Crippen molar-refractivity contribution in [2.45, 2.75) is 28.9 Å².